The van der Waals surface area contributed by atoms with Gasteiger partial charge in [0.2, 0.25) is 0 Å². The van der Waals surface area contributed by atoms with Crippen LogP contribution in [0.1, 0.15) is 19.4 Å². The summed E-state index contributed by atoms with van der Waals surface area (Å²) >= 11 is 3.51. The van der Waals surface area contributed by atoms with Crippen LogP contribution in [0.15, 0.2) is 16.6 Å². The quantitative estimate of drug-likeness (QED) is 0.796. The highest BCUT2D eigenvalue weighted by molar-refractivity contribution is 9.10. The molecule has 1 aromatic carbocycles. The van der Waals surface area contributed by atoms with Crippen LogP contribution in [0.2, 0.25) is 0 Å². The number of hydrogen-bond acceptors (Lipinski definition) is 4. The Morgan fingerprint density at radius 1 is 1.26 bits per heavy atom. The van der Waals surface area contributed by atoms with Crippen LogP contribution < -0.4 is 15.2 Å². The molecule has 4 nitrogen and oxygen atoms in total. The van der Waals surface area contributed by atoms with Crippen LogP contribution in [0.25, 0.3) is 0 Å². The molecule has 0 aromatic heterocycles. The van der Waals surface area contributed by atoms with E-state index in [1.165, 1.54) is 0 Å². The second-order valence-corrected chi connectivity index (χ2v) is 5.04. The van der Waals surface area contributed by atoms with Crippen LogP contribution in [-0.2, 0) is 6.54 Å². The molecule has 0 saturated carbocycles. The smallest absolute Gasteiger partial charge is 0.175 e. The topological polar surface area (TPSA) is 47.7 Å². The number of likely N-dealkylation sites (N-methyl/N-ethyl adjacent to an activating group) is 1. The van der Waals surface area contributed by atoms with Crippen molar-refractivity contribution in [3.05, 3.63) is 22.2 Å². The Labute approximate surface area is 124 Å². The molecule has 0 amide bonds. The second kappa shape index (κ2) is 8.40. The Balaban J connectivity index is 2.72. The predicted octanol–water partition coefficient (Wildman–Crippen LogP) is 2.64. The van der Waals surface area contributed by atoms with E-state index in [4.69, 9.17) is 15.2 Å². The average Bonchev–Trinajstić information content (AvgIpc) is 2.44. The first-order valence-electron chi connectivity index (χ1n) is 6.57. The van der Waals surface area contributed by atoms with E-state index < -0.39 is 0 Å². The SMILES string of the molecule is CCN(CC)CCOc1c(Br)cc(CN)cc1OC. The van der Waals surface area contributed by atoms with Crippen molar-refractivity contribution in [2.45, 2.75) is 20.4 Å². The van der Waals surface area contributed by atoms with Gasteiger partial charge in [0.25, 0.3) is 0 Å². The summed E-state index contributed by atoms with van der Waals surface area (Å²) in [5.41, 5.74) is 6.66. The van der Waals surface area contributed by atoms with Crippen LogP contribution in [0, 0.1) is 0 Å². The first-order valence-corrected chi connectivity index (χ1v) is 7.37. The largest absolute Gasteiger partial charge is 0.493 e. The van der Waals surface area contributed by atoms with E-state index in [0.717, 1.165) is 41.2 Å². The zero-order valence-corrected chi connectivity index (χ0v) is 13.5. The molecule has 0 aliphatic heterocycles. The minimum absolute atomic E-state index is 0.481. The van der Waals surface area contributed by atoms with Gasteiger partial charge in [-0.1, -0.05) is 13.8 Å². The number of rotatable bonds is 8. The number of hydrogen-bond donors (Lipinski definition) is 1. The van der Waals surface area contributed by atoms with Crippen molar-refractivity contribution < 1.29 is 9.47 Å². The summed E-state index contributed by atoms with van der Waals surface area (Å²) in [5, 5.41) is 0. The van der Waals surface area contributed by atoms with Gasteiger partial charge in [0, 0.05) is 13.1 Å². The predicted molar refractivity (Wildman–Crippen MR) is 81.9 cm³/mol. The Morgan fingerprint density at radius 3 is 2.47 bits per heavy atom. The number of methoxy groups -OCH3 is 1. The van der Waals surface area contributed by atoms with E-state index in [9.17, 15) is 0 Å². The molecule has 0 unspecified atom stereocenters. The third-order valence-electron chi connectivity index (χ3n) is 3.07. The lowest BCUT2D eigenvalue weighted by molar-refractivity contribution is 0.216. The maximum absolute atomic E-state index is 5.84. The molecule has 0 fully saturated rings. The molecule has 0 aliphatic carbocycles. The standard InChI is InChI=1S/C14H23BrN2O2/c1-4-17(5-2)6-7-19-14-12(15)8-11(10-16)9-13(14)18-3/h8-9H,4-7,10,16H2,1-3H3. The molecule has 0 bridgehead atoms. The summed E-state index contributed by atoms with van der Waals surface area (Å²) in [5.74, 6) is 1.46. The average molecular weight is 331 g/mol. The lowest BCUT2D eigenvalue weighted by atomic mass is 10.2. The van der Waals surface area contributed by atoms with Gasteiger partial charge in [0.05, 0.1) is 11.6 Å². The fourth-order valence-corrected chi connectivity index (χ4v) is 2.45. The lowest BCUT2D eigenvalue weighted by Crippen LogP contribution is -2.28. The first kappa shape index (κ1) is 16.3. The fourth-order valence-electron chi connectivity index (χ4n) is 1.85. The Morgan fingerprint density at radius 2 is 1.95 bits per heavy atom. The molecule has 0 atom stereocenters. The Kier molecular flexibility index (Phi) is 7.20. The van der Waals surface area contributed by atoms with Crippen LogP contribution in [0.4, 0.5) is 0 Å². The minimum Gasteiger partial charge on any atom is -0.493 e. The summed E-state index contributed by atoms with van der Waals surface area (Å²) < 4.78 is 12.1. The zero-order chi connectivity index (χ0) is 14.3. The molecule has 19 heavy (non-hydrogen) atoms. The molecule has 0 radical (unpaired) electrons. The van der Waals surface area contributed by atoms with Crippen LogP contribution in [0.3, 0.4) is 0 Å². The van der Waals surface area contributed by atoms with Gasteiger partial charge in [0.1, 0.15) is 6.61 Å². The molecule has 0 saturated heterocycles. The highest BCUT2D eigenvalue weighted by Crippen LogP contribution is 2.36. The fraction of sp³-hybridized carbons (Fsp3) is 0.571. The molecule has 2 N–H and O–H groups in total. The summed E-state index contributed by atoms with van der Waals surface area (Å²) in [6.07, 6.45) is 0. The lowest BCUT2D eigenvalue weighted by Gasteiger charge is -2.19. The second-order valence-electron chi connectivity index (χ2n) is 4.19. The molecule has 0 aliphatic rings. The maximum Gasteiger partial charge on any atom is 0.175 e. The first-order chi connectivity index (χ1) is 9.15. The molecule has 5 heteroatoms. The van der Waals surface area contributed by atoms with E-state index in [2.05, 4.69) is 34.7 Å². The number of nitrogens with zero attached hydrogens (tertiary/aromatic N) is 1. The van der Waals surface area contributed by atoms with Crippen LogP contribution in [0.5, 0.6) is 11.5 Å². The Hall–Kier alpha value is -0.780. The van der Waals surface area contributed by atoms with Gasteiger partial charge in [-0.3, -0.25) is 0 Å². The number of benzene rings is 1. The van der Waals surface area contributed by atoms with Gasteiger partial charge < -0.3 is 20.1 Å². The summed E-state index contributed by atoms with van der Waals surface area (Å²) in [4.78, 5) is 2.31. The molecule has 1 aromatic rings. The normalized spacial score (nSPS) is 10.8. The van der Waals surface area contributed by atoms with Gasteiger partial charge in [-0.25, -0.2) is 0 Å². The third-order valence-corrected chi connectivity index (χ3v) is 3.66. The van der Waals surface area contributed by atoms with Gasteiger partial charge in [-0.05, 0) is 46.7 Å². The number of halogens is 1. The molecular weight excluding hydrogens is 308 g/mol. The van der Waals surface area contributed by atoms with E-state index in [0.29, 0.717) is 13.2 Å². The third kappa shape index (κ3) is 4.67. The van der Waals surface area contributed by atoms with Gasteiger partial charge in [-0.2, -0.15) is 0 Å². The summed E-state index contributed by atoms with van der Waals surface area (Å²) in [6, 6.07) is 3.88. The van der Waals surface area contributed by atoms with Crippen molar-refractivity contribution in [1.29, 1.82) is 0 Å². The molecule has 108 valence electrons. The molecule has 1 rings (SSSR count). The molecule has 0 heterocycles. The van der Waals surface area contributed by atoms with Crippen LogP contribution >= 0.6 is 15.9 Å². The molecule has 0 spiro atoms. The highest BCUT2D eigenvalue weighted by atomic mass is 79.9. The van der Waals surface area contributed by atoms with E-state index in [1.54, 1.807) is 7.11 Å². The van der Waals surface area contributed by atoms with Gasteiger partial charge >= 0.3 is 0 Å². The zero-order valence-electron chi connectivity index (χ0n) is 11.9. The van der Waals surface area contributed by atoms with Crippen molar-refractivity contribution in [3.63, 3.8) is 0 Å². The van der Waals surface area contributed by atoms with Crippen molar-refractivity contribution in [1.82, 2.24) is 4.90 Å². The van der Waals surface area contributed by atoms with Crippen molar-refractivity contribution in [3.8, 4) is 11.5 Å². The summed E-state index contributed by atoms with van der Waals surface area (Å²) in [6.45, 7) is 8.38. The maximum atomic E-state index is 5.84. The van der Waals surface area contributed by atoms with Crippen molar-refractivity contribution in [2.24, 2.45) is 5.73 Å². The van der Waals surface area contributed by atoms with Gasteiger partial charge in [-0.15, -0.1) is 0 Å². The van der Waals surface area contributed by atoms with Crippen molar-refractivity contribution >= 4 is 15.9 Å². The highest BCUT2D eigenvalue weighted by Gasteiger charge is 2.11. The molecular formula is C14H23BrN2O2. The minimum atomic E-state index is 0.481. The van der Waals surface area contributed by atoms with E-state index >= 15 is 0 Å². The number of nitrogens with two attached hydrogens (primary N) is 1. The summed E-state index contributed by atoms with van der Waals surface area (Å²) in [7, 11) is 1.64. The van der Waals surface area contributed by atoms with E-state index in [1.807, 2.05) is 12.1 Å². The van der Waals surface area contributed by atoms with Crippen molar-refractivity contribution in [2.75, 3.05) is 33.4 Å². The number of ether oxygens (including phenoxy) is 2. The van der Waals surface area contributed by atoms with Gasteiger partial charge in [0.15, 0.2) is 11.5 Å². The van der Waals surface area contributed by atoms with E-state index in [-0.39, 0.29) is 0 Å². The van der Waals surface area contributed by atoms with Crippen LogP contribution in [-0.4, -0.2) is 38.3 Å². The monoisotopic (exact) mass is 330 g/mol. The Bertz CT molecular complexity index is 395.